The summed E-state index contributed by atoms with van der Waals surface area (Å²) in [7, 11) is -0.692. The molecule has 0 N–H and O–H groups in total. The molecule has 0 aromatic rings. The van der Waals surface area contributed by atoms with E-state index >= 15 is 0 Å². The summed E-state index contributed by atoms with van der Waals surface area (Å²) in [6.45, 7) is 7.64. The summed E-state index contributed by atoms with van der Waals surface area (Å²) in [5.74, 6) is 0.728. The maximum absolute atomic E-state index is 6.27. The fourth-order valence-corrected chi connectivity index (χ4v) is 8.37. The lowest BCUT2D eigenvalue weighted by atomic mass is 10.3. The Balaban J connectivity index is 4.20. The van der Waals surface area contributed by atoms with Crippen molar-refractivity contribution in [1.29, 1.82) is 0 Å². The van der Waals surface area contributed by atoms with Crippen LogP contribution < -0.4 is 0 Å². The molecule has 0 aliphatic heterocycles. The minimum atomic E-state index is -0.922. The Morgan fingerprint density at radius 3 is 1.62 bits per heavy atom. The highest BCUT2D eigenvalue weighted by molar-refractivity contribution is 8.10. The fraction of sp³-hybridized carbons (Fsp3) is 1.00. The van der Waals surface area contributed by atoms with Gasteiger partial charge >= 0.3 is 0 Å². The molecule has 0 aromatic heterocycles. The SMILES string of the molecule is CC(C)N(C(C)C)P(Cl)CP(Cl)Cl. The molecule has 0 amide bonds. The quantitative estimate of drug-likeness (QED) is 0.610. The van der Waals surface area contributed by atoms with Crippen molar-refractivity contribution in [2.45, 2.75) is 39.8 Å². The largest absolute Gasteiger partial charge is 0.264 e. The van der Waals surface area contributed by atoms with Crippen molar-refractivity contribution in [2.24, 2.45) is 0 Å². The van der Waals surface area contributed by atoms with Crippen LogP contribution in [0.1, 0.15) is 27.7 Å². The average molecular weight is 283 g/mol. The van der Waals surface area contributed by atoms with Crippen LogP contribution >= 0.6 is 47.8 Å². The van der Waals surface area contributed by atoms with Crippen LogP contribution in [0.15, 0.2) is 0 Å². The zero-order valence-corrected chi connectivity index (χ0v) is 12.4. The number of hydrogen-bond acceptors (Lipinski definition) is 1. The van der Waals surface area contributed by atoms with Gasteiger partial charge in [0.2, 0.25) is 0 Å². The summed E-state index contributed by atoms with van der Waals surface area (Å²) in [6, 6.07) is 0.902. The van der Waals surface area contributed by atoms with Gasteiger partial charge in [-0.3, -0.25) is 4.67 Å². The van der Waals surface area contributed by atoms with E-state index in [4.69, 9.17) is 33.7 Å². The number of nitrogens with zero attached hydrogens (tertiary/aromatic N) is 1. The van der Waals surface area contributed by atoms with Crippen LogP contribution in [0.2, 0.25) is 0 Å². The molecule has 1 unspecified atom stereocenters. The first-order valence-electron chi connectivity index (χ1n) is 4.17. The molecular weight excluding hydrogens is 266 g/mol. The second kappa shape index (κ2) is 7.04. The van der Waals surface area contributed by atoms with Gasteiger partial charge in [0, 0.05) is 18.0 Å². The van der Waals surface area contributed by atoms with E-state index in [1.54, 1.807) is 0 Å². The molecule has 80 valence electrons. The molecule has 0 fully saturated rings. The Morgan fingerprint density at radius 2 is 1.38 bits per heavy atom. The van der Waals surface area contributed by atoms with E-state index in [1.165, 1.54) is 0 Å². The van der Waals surface area contributed by atoms with Crippen LogP contribution in [0.25, 0.3) is 0 Å². The first-order chi connectivity index (χ1) is 5.86. The highest BCUT2D eigenvalue weighted by atomic mass is 35.9. The third kappa shape index (κ3) is 5.98. The highest BCUT2D eigenvalue weighted by Gasteiger charge is 2.23. The molecular formula is C7H16Cl3NP2. The zero-order valence-electron chi connectivity index (χ0n) is 8.34. The van der Waals surface area contributed by atoms with Crippen LogP contribution in [-0.4, -0.2) is 22.7 Å². The van der Waals surface area contributed by atoms with E-state index in [0.717, 1.165) is 5.90 Å². The first kappa shape index (κ1) is 14.7. The standard InChI is InChI=1S/C7H16Cl3NP2/c1-6(2)11(7(3)4)13(10)5-12(8)9/h6-7H,5H2,1-4H3. The van der Waals surface area contributed by atoms with Crippen LogP contribution in [0.3, 0.4) is 0 Å². The van der Waals surface area contributed by atoms with Crippen molar-refractivity contribution in [3.05, 3.63) is 0 Å². The molecule has 0 bridgehead atoms. The second-order valence-corrected chi connectivity index (χ2v) is 10.4. The van der Waals surface area contributed by atoms with Crippen LogP contribution in [0.5, 0.6) is 0 Å². The molecule has 0 aliphatic rings. The molecule has 1 nitrogen and oxygen atoms in total. The van der Waals surface area contributed by atoms with Crippen molar-refractivity contribution >= 4 is 47.8 Å². The van der Waals surface area contributed by atoms with Crippen LogP contribution in [-0.2, 0) is 0 Å². The fourth-order valence-electron chi connectivity index (χ4n) is 1.26. The van der Waals surface area contributed by atoms with Crippen molar-refractivity contribution < 1.29 is 0 Å². The summed E-state index contributed by atoms with van der Waals surface area (Å²) in [5, 5.41) is 0. The Hall–Kier alpha value is 1.69. The normalized spacial score (nSPS) is 15.0. The lowest BCUT2D eigenvalue weighted by molar-refractivity contribution is 0.327. The molecule has 0 radical (unpaired) electrons. The molecule has 0 rings (SSSR count). The highest BCUT2D eigenvalue weighted by Crippen LogP contribution is 2.62. The van der Waals surface area contributed by atoms with E-state index < -0.39 is 14.1 Å². The van der Waals surface area contributed by atoms with Gasteiger partial charge in [0.1, 0.15) is 0 Å². The molecule has 0 saturated heterocycles. The second-order valence-electron chi connectivity index (χ2n) is 3.35. The Kier molecular flexibility index (Phi) is 7.96. The van der Waals surface area contributed by atoms with Gasteiger partial charge in [-0.25, -0.2) is 0 Å². The molecule has 0 heterocycles. The third-order valence-corrected chi connectivity index (χ3v) is 8.16. The van der Waals surface area contributed by atoms with E-state index in [-0.39, 0.29) is 0 Å². The van der Waals surface area contributed by atoms with Gasteiger partial charge in [0.15, 0.2) is 0 Å². The lowest BCUT2D eigenvalue weighted by Crippen LogP contribution is -2.31. The Labute approximate surface area is 98.0 Å². The topological polar surface area (TPSA) is 3.24 Å². The monoisotopic (exact) mass is 281 g/mol. The Morgan fingerprint density at radius 1 is 1.00 bits per heavy atom. The predicted molar refractivity (Wildman–Crippen MR) is 68.4 cm³/mol. The molecule has 13 heavy (non-hydrogen) atoms. The molecule has 0 saturated carbocycles. The summed E-state index contributed by atoms with van der Waals surface area (Å²) in [5.41, 5.74) is 0. The summed E-state index contributed by atoms with van der Waals surface area (Å²) in [6.07, 6.45) is 0. The van der Waals surface area contributed by atoms with Crippen molar-refractivity contribution in [1.82, 2.24) is 4.67 Å². The van der Waals surface area contributed by atoms with E-state index in [0.29, 0.717) is 12.1 Å². The van der Waals surface area contributed by atoms with Crippen molar-refractivity contribution in [3.63, 3.8) is 0 Å². The minimum Gasteiger partial charge on any atom is -0.264 e. The maximum Gasteiger partial charge on any atom is 0.0922 e. The summed E-state index contributed by atoms with van der Waals surface area (Å²) >= 11 is 17.8. The molecule has 0 aliphatic carbocycles. The lowest BCUT2D eigenvalue weighted by Gasteiger charge is -2.34. The predicted octanol–water partition coefficient (Wildman–Crippen LogP) is 5.40. The van der Waals surface area contributed by atoms with Crippen molar-refractivity contribution in [3.8, 4) is 0 Å². The van der Waals surface area contributed by atoms with Gasteiger partial charge in [-0.1, -0.05) is 33.7 Å². The van der Waals surface area contributed by atoms with Crippen LogP contribution in [0, 0.1) is 0 Å². The molecule has 0 spiro atoms. The van der Waals surface area contributed by atoms with Gasteiger partial charge in [0.25, 0.3) is 0 Å². The smallest absolute Gasteiger partial charge is 0.0922 e. The number of halogens is 3. The van der Waals surface area contributed by atoms with Gasteiger partial charge in [0.05, 0.1) is 14.1 Å². The Bertz CT molecular complexity index is 136. The zero-order chi connectivity index (χ0) is 10.6. The number of hydrogen-bond donors (Lipinski definition) is 0. The minimum absolute atomic E-state index is 0.451. The summed E-state index contributed by atoms with van der Waals surface area (Å²) < 4.78 is 2.27. The number of rotatable bonds is 5. The van der Waals surface area contributed by atoms with Gasteiger partial charge in [-0.15, -0.1) is 0 Å². The molecule has 1 atom stereocenters. The first-order valence-corrected chi connectivity index (χ1v) is 9.89. The average Bonchev–Trinajstić information content (AvgIpc) is 1.81. The van der Waals surface area contributed by atoms with Gasteiger partial charge in [-0.2, -0.15) is 0 Å². The summed E-state index contributed by atoms with van der Waals surface area (Å²) in [4.78, 5) is 0. The maximum atomic E-state index is 6.27. The van der Waals surface area contributed by atoms with Crippen LogP contribution in [0.4, 0.5) is 0 Å². The van der Waals surface area contributed by atoms with Gasteiger partial charge < -0.3 is 0 Å². The van der Waals surface area contributed by atoms with E-state index in [2.05, 4.69) is 32.4 Å². The van der Waals surface area contributed by atoms with Gasteiger partial charge in [-0.05, 0) is 27.7 Å². The van der Waals surface area contributed by atoms with Crippen molar-refractivity contribution in [2.75, 3.05) is 5.90 Å². The van der Waals surface area contributed by atoms with E-state index in [1.807, 2.05) is 0 Å². The molecule has 0 aromatic carbocycles. The molecule has 6 heteroatoms. The van der Waals surface area contributed by atoms with E-state index in [9.17, 15) is 0 Å². The third-order valence-electron chi connectivity index (χ3n) is 1.53.